The molecule has 2 nitrogen and oxygen atoms in total. The van der Waals surface area contributed by atoms with Crippen LogP contribution in [0.1, 0.15) is 72.6 Å². The van der Waals surface area contributed by atoms with Gasteiger partial charge >= 0.3 is 0 Å². The minimum atomic E-state index is 0.806. The molecule has 21 heavy (non-hydrogen) atoms. The Labute approximate surface area is 131 Å². The molecule has 120 valence electrons. The van der Waals surface area contributed by atoms with Crippen LogP contribution in [0.3, 0.4) is 0 Å². The summed E-state index contributed by atoms with van der Waals surface area (Å²) in [6.45, 7) is 11.3. The molecule has 0 N–H and O–H groups in total. The lowest BCUT2D eigenvalue weighted by Gasteiger charge is -2.08. The van der Waals surface area contributed by atoms with E-state index in [2.05, 4.69) is 61.6 Å². The number of aryl methyl sites for hydroxylation is 2. The van der Waals surface area contributed by atoms with E-state index in [1.165, 1.54) is 57.1 Å². The fourth-order valence-electron chi connectivity index (χ4n) is 2.59. The molecule has 0 spiro atoms. The van der Waals surface area contributed by atoms with Crippen molar-refractivity contribution >= 4 is 0 Å². The molecular weight excluding hydrogens is 256 g/mol. The Balaban J connectivity index is 2.20. The monoisotopic (exact) mass is 291 g/mol. The summed E-state index contributed by atoms with van der Waals surface area (Å²) in [4.78, 5) is 0. The molecule has 1 rings (SSSR count). The zero-order valence-electron chi connectivity index (χ0n) is 14.6. The predicted octanol–water partition coefficient (Wildman–Crippen LogP) is 5.13. The number of aromatic nitrogens is 2. The standard InChI is InChI=1S/C19H35N2/c1-5-6-7-8-13-20-15-16-21(17-20)14-12-19(4)11-9-10-18(2)3/h10,15-17,19H,5-9,11-14H2,1-4H3/q+1/t19-/m1/s1. The Morgan fingerprint density at radius 3 is 2.71 bits per heavy atom. The van der Waals surface area contributed by atoms with E-state index in [9.17, 15) is 0 Å². The number of rotatable bonds is 11. The van der Waals surface area contributed by atoms with Crippen molar-refractivity contribution in [2.24, 2.45) is 5.92 Å². The summed E-state index contributed by atoms with van der Waals surface area (Å²) in [5, 5.41) is 0. The average Bonchev–Trinajstić information content (AvgIpc) is 2.89. The molecule has 1 aromatic heterocycles. The smallest absolute Gasteiger partial charge is 0.237 e. The van der Waals surface area contributed by atoms with Crippen LogP contribution in [0.15, 0.2) is 30.4 Å². The SMILES string of the molecule is CCCCCC[n+]1ccn(CC[C@H](C)CCC=C(C)C)c1. The van der Waals surface area contributed by atoms with Gasteiger partial charge in [-0.05, 0) is 51.9 Å². The fraction of sp³-hybridized carbons (Fsp3) is 0.737. The minimum Gasteiger partial charge on any atom is -0.237 e. The highest BCUT2D eigenvalue weighted by atomic mass is 15.1. The van der Waals surface area contributed by atoms with Gasteiger partial charge in [0.15, 0.2) is 0 Å². The van der Waals surface area contributed by atoms with Crippen LogP contribution in [-0.2, 0) is 13.1 Å². The van der Waals surface area contributed by atoms with Gasteiger partial charge in [-0.1, -0.05) is 38.3 Å². The zero-order chi connectivity index (χ0) is 15.5. The Hall–Kier alpha value is -1.05. The minimum absolute atomic E-state index is 0.806. The largest absolute Gasteiger partial charge is 0.243 e. The second-order valence-corrected chi connectivity index (χ2v) is 6.70. The van der Waals surface area contributed by atoms with Crippen LogP contribution in [-0.4, -0.2) is 4.57 Å². The highest BCUT2D eigenvalue weighted by Gasteiger charge is 2.06. The van der Waals surface area contributed by atoms with Crippen LogP contribution >= 0.6 is 0 Å². The van der Waals surface area contributed by atoms with Crippen molar-refractivity contribution in [3.05, 3.63) is 30.4 Å². The first kappa shape index (κ1) is 18.0. The third-order valence-corrected chi connectivity index (χ3v) is 4.11. The van der Waals surface area contributed by atoms with E-state index in [4.69, 9.17) is 0 Å². The molecule has 1 atom stereocenters. The van der Waals surface area contributed by atoms with Gasteiger partial charge in [-0.2, -0.15) is 0 Å². The predicted molar refractivity (Wildman–Crippen MR) is 91.2 cm³/mol. The van der Waals surface area contributed by atoms with Crippen molar-refractivity contribution in [3.8, 4) is 0 Å². The van der Waals surface area contributed by atoms with Gasteiger partial charge in [-0.15, -0.1) is 0 Å². The van der Waals surface area contributed by atoms with Crippen LogP contribution in [0.4, 0.5) is 0 Å². The Bertz CT molecular complexity index is 399. The fourth-order valence-corrected chi connectivity index (χ4v) is 2.59. The summed E-state index contributed by atoms with van der Waals surface area (Å²) in [7, 11) is 0. The molecule has 0 amide bonds. The molecule has 0 bridgehead atoms. The molecule has 0 aliphatic heterocycles. The lowest BCUT2D eigenvalue weighted by molar-refractivity contribution is -0.696. The van der Waals surface area contributed by atoms with Crippen molar-refractivity contribution in [1.29, 1.82) is 0 Å². The van der Waals surface area contributed by atoms with E-state index in [0.717, 1.165) is 12.5 Å². The maximum absolute atomic E-state index is 2.38. The third-order valence-electron chi connectivity index (χ3n) is 4.11. The number of hydrogen-bond acceptors (Lipinski definition) is 0. The molecule has 0 aromatic carbocycles. The maximum atomic E-state index is 2.38. The van der Waals surface area contributed by atoms with E-state index >= 15 is 0 Å². The first-order valence-corrected chi connectivity index (χ1v) is 8.80. The Morgan fingerprint density at radius 1 is 1.19 bits per heavy atom. The van der Waals surface area contributed by atoms with E-state index in [1.54, 1.807) is 0 Å². The third kappa shape index (κ3) is 8.75. The topological polar surface area (TPSA) is 8.81 Å². The van der Waals surface area contributed by atoms with Crippen molar-refractivity contribution in [1.82, 2.24) is 4.57 Å². The van der Waals surface area contributed by atoms with Gasteiger partial charge in [0.1, 0.15) is 12.4 Å². The van der Waals surface area contributed by atoms with Crippen molar-refractivity contribution in [3.63, 3.8) is 0 Å². The molecule has 0 saturated carbocycles. The molecule has 2 heteroatoms. The summed E-state index contributed by atoms with van der Waals surface area (Å²) < 4.78 is 4.68. The van der Waals surface area contributed by atoms with E-state index in [1.807, 2.05) is 0 Å². The molecule has 0 aliphatic carbocycles. The van der Waals surface area contributed by atoms with E-state index < -0.39 is 0 Å². The van der Waals surface area contributed by atoms with E-state index in [0.29, 0.717) is 0 Å². The summed E-state index contributed by atoms with van der Waals surface area (Å²) in [5.74, 6) is 0.806. The number of unbranched alkanes of at least 4 members (excludes halogenated alkanes) is 3. The molecule has 0 fully saturated rings. The number of hydrogen-bond donors (Lipinski definition) is 0. The van der Waals surface area contributed by atoms with Crippen LogP contribution < -0.4 is 4.57 Å². The number of imidazole rings is 1. The lowest BCUT2D eigenvalue weighted by Crippen LogP contribution is -2.30. The summed E-state index contributed by atoms with van der Waals surface area (Å²) in [6, 6.07) is 0. The van der Waals surface area contributed by atoms with Gasteiger partial charge in [0, 0.05) is 0 Å². The highest BCUT2D eigenvalue weighted by Crippen LogP contribution is 2.12. The van der Waals surface area contributed by atoms with Gasteiger partial charge in [-0.25, -0.2) is 9.13 Å². The second-order valence-electron chi connectivity index (χ2n) is 6.70. The summed E-state index contributed by atoms with van der Waals surface area (Å²) in [5.41, 5.74) is 1.44. The lowest BCUT2D eigenvalue weighted by atomic mass is 10.0. The molecular formula is C19H35N2+. The molecule has 0 saturated heterocycles. The van der Waals surface area contributed by atoms with Crippen molar-refractivity contribution in [2.75, 3.05) is 0 Å². The van der Waals surface area contributed by atoms with Crippen LogP contribution in [0, 0.1) is 5.92 Å². The molecule has 0 radical (unpaired) electrons. The van der Waals surface area contributed by atoms with Crippen LogP contribution in [0.5, 0.6) is 0 Å². The summed E-state index contributed by atoms with van der Waals surface area (Å²) >= 11 is 0. The molecule has 0 aliphatic rings. The molecule has 1 heterocycles. The van der Waals surface area contributed by atoms with Crippen molar-refractivity contribution < 1.29 is 4.57 Å². The maximum Gasteiger partial charge on any atom is 0.243 e. The Morgan fingerprint density at radius 2 is 2.00 bits per heavy atom. The van der Waals surface area contributed by atoms with Crippen LogP contribution in [0.25, 0.3) is 0 Å². The first-order chi connectivity index (χ1) is 10.1. The van der Waals surface area contributed by atoms with Crippen LogP contribution in [0.2, 0.25) is 0 Å². The van der Waals surface area contributed by atoms with Gasteiger partial charge in [0.2, 0.25) is 6.33 Å². The number of allylic oxidation sites excluding steroid dienone is 2. The van der Waals surface area contributed by atoms with Crippen molar-refractivity contribution in [2.45, 2.75) is 85.7 Å². The number of nitrogens with zero attached hydrogens (tertiary/aromatic N) is 2. The van der Waals surface area contributed by atoms with Gasteiger partial charge in [0.05, 0.1) is 13.1 Å². The first-order valence-electron chi connectivity index (χ1n) is 8.80. The zero-order valence-corrected chi connectivity index (χ0v) is 14.6. The molecule has 0 unspecified atom stereocenters. The van der Waals surface area contributed by atoms with Gasteiger partial charge in [-0.3, -0.25) is 0 Å². The average molecular weight is 292 g/mol. The normalized spacial score (nSPS) is 12.4. The van der Waals surface area contributed by atoms with Gasteiger partial charge < -0.3 is 0 Å². The highest BCUT2D eigenvalue weighted by molar-refractivity contribution is 4.92. The Kier molecular flexibility index (Phi) is 9.12. The van der Waals surface area contributed by atoms with Gasteiger partial charge in [0.25, 0.3) is 0 Å². The van der Waals surface area contributed by atoms with E-state index in [-0.39, 0.29) is 0 Å². The second kappa shape index (κ2) is 10.6. The summed E-state index contributed by atoms with van der Waals surface area (Å²) in [6.07, 6.45) is 18.2. The quantitative estimate of drug-likeness (QED) is 0.304. The molecule has 1 aromatic rings.